The van der Waals surface area contributed by atoms with Crippen molar-refractivity contribution < 1.29 is 9.53 Å². The molecule has 7 nitrogen and oxygen atoms in total. The van der Waals surface area contributed by atoms with Crippen LogP contribution in [0.4, 0.5) is 0 Å². The highest BCUT2D eigenvalue weighted by atomic mass is 16.5. The van der Waals surface area contributed by atoms with E-state index in [-0.39, 0.29) is 6.04 Å². The van der Waals surface area contributed by atoms with Gasteiger partial charge in [-0.05, 0) is 32.5 Å². The van der Waals surface area contributed by atoms with Crippen molar-refractivity contribution in [3.63, 3.8) is 0 Å². The lowest BCUT2D eigenvalue weighted by molar-refractivity contribution is 0.0591. The number of aromatic nitrogens is 3. The molecular weight excluding hydrogens is 270 g/mol. The highest BCUT2D eigenvalue weighted by molar-refractivity contribution is 5.88. The van der Waals surface area contributed by atoms with Crippen molar-refractivity contribution in [2.24, 2.45) is 0 Å². The Hall–Kier alpha value is -1.47. The van der Waals surface area contributed by atoms with Crippen LogP contribution in [0.1, 0.15) is 48.9 Å². The predicted octanol–water partition coefficient (Wildman–Crippen LogP) is 0.831. The number of carbonyl (C=O) groups excluding carboxylic acids is 1. The SMILES string of the molecule is CCN(CC)CCn1nnc(C(=O)OC)c1C1CCCN1. The maximum Gasteiger partial charge on any atom is 0.360 e. The molecule has 0 amide bonds. The average molecular weight is 295 g/mol. The van der Waals surface area contributed by atoms with Gasteiger partial charge in [0.05, 0.1) is 25.4 Å². The summed E-state index contributed by atoms with van der Waals surface area (Å²) in [6.45, 7) is 8.90. The van der Waals surface area contributed by atoms with E-state index < -0.39 is 5.97 Å². The Balaban J connectivity index is 2.19. The Labute approximate surface area is 125 Å². The van der Waals surface area contributed by atoms with Gasteiger partial charge in [-0.25, -0.2) is 9.48 Å². The van der Waals surface area contributed by atoms with E-state index in [0.29, 0.717) is 5.69 Å². The lowest BCUT2D eigenvalue weighted by Gasteiger charge is -2.19. The lowest BCUT2D eigenvalue weighted by atomic mass is 10.1. The van der Waals surface area contributed by atoms with Crippen LogP contribution in [-0.2, 0) is 11.3 Å². The molecule has 118 valence electrons. The van der Waals surface area contributed by atoms with Gasteiger partial charge in [-0.3, -0.25) is 0 Å². The van der Waals surface area contributed by atoms with Crippen LogP contribution in [0.5, 0.6) is 0 Å². The Morgan fingerprint density at radius 2 is 2.24 bits per heavy atom. The molecule has 1 saturated heterocycles. The van der Waals surface area contributed by atoms with Crippen molar-refractivity contribution in [3.05, 3.63) is 11.4 Å². The van der Waals surface area contributed by atoms with E-state index in [4.69, 9.17) is 4.74 Å². The minimum atomic E-state index is -0.409. The fourth-order valence-corrected chi connectivity index (χ4v) is 2.77. The molecular formula is C14H25N5O2. The van der Waals surface area contributed by atoms with Crippen LogP contribution in [0.15, 0.2) is 0 Å². The molecule has 1 aromatic rings. The van der Waals surface area contributed by atoms with Crippen LogP contribution in [0, 0.1) is 0 Å². The largest absolute Gasteiger partial charge is 0.464 e. The van der Waals surface area contributed by atoms with Crippen LogP contribution >= 0.6 is 0 Å². The molecule has 0 saturated carbocycles. The summed E-state index contributed by atoms with van der Waals surface area (Å²) < 4.78 is 6.68. The Morgan fingerprint density at radius 1 is 1.48 bits per heavy atom. The molecule has 1 aromatic heterocycles. The third-order valence-electron chi connectivity index (χ3n) is 4.06. The first-order valence-corrected chi connectivity index (χ1v) is 7.68. The molecule has 1 aliphatic heterocycles. The zero-order chi connectivity index (χ0) is 15.2. The molecule has 0 radical (unpaired) electrons. The zero-order valence-corrected chi connectivity index (χ0v) is 13.1. The predicted molar refractivity (Wildman–Crippen MR) is 79.1 cm³/mol. The number of nitrogens with one attached hydrogen (secondary N) is 1. The van der Waals surface area contributed by atoms with Gasteiger partial charge < -0.3 is 15.0 Å². The molecule has 0 aromatic carbocycles. The monoisotopic (exact) mass is 295 g/mol. The highest BCUT2D eigenvalue weighted by Crippen LogP contribution is 2.25. The van der Waals surface area contributed by atoms with Crippen LogP contribution in [0.3, 0.4) is 0 Å². The third-order valence-corrected chi connectivity index (χ3v) is 4.06. The lowest BCUT2D eigenvalue weighted by Crippen LogP contribution is -2.29. The van der Waals surface area contributed by atoms with Crippen molar-refractivity contribution in [2.75, 3.05) is 33.3 Å². The molecule has 1 N–H and O–H groups in total. The fourth-order valence-electron chi connectivity index (χ4n) is 2.77. The number of hydrogen-bond donors (Lipinski definition) is 1. The van der Waals surface area contributed by atoms with Crippen LogP contribution in [0.25, 0.3) is 0 Å². The van der Waals surface area contributed by atoms with Crippen molar-refractivity contribution in [3.8, 4) is 0 Å². The highest BCUT2D eigenvalue weighted by Gasteiger charge is 2.29. The van der Waals surface area contributed by atoms with Gasteiger partial charge in [-0.1, -0.05) is 19.1 Å². The number of esters is 1. The second kappa shape index (κ2) is 7.51. The van der Waals surface area contributed by atoms with E-state index in [1.807, 2.05) is 4.68 Å². The van der Waals surface area contributed by atoms with Gasteiger partial charge in [0.2, 0.25) is 0 Å². The van der Waals surface area contributed by atoms with Gasteiger partial charge in [0.15, 0.2) is 5.69 Å². The van der Waals surface area contributed by atoms with Crippen molar-refractivity contribution in [1.82, 2.24) is 25.2 Å². The minimum absolute atomic E-state index is 0.144. The second-order valence-electron chi connectivity index (χ2n) is 5.21. The second-order valence-corrected chi connectivity index (χ2v) is 5.21. The number of rotatable bonds is 7. The van der Waals surface area contributed by atoms with E-state index >= 15 is 0 Å². The van der Waals surface area contributed by atoms with Crippen molar-refractivity contribution >= 4 is 5.97 Å². The summed E-state index contributed by atoms with van der Waals surface area (Å²) in [5.41, 5.74) is 1.21. The number of nitrogens with zero attached hydrogens (tertiary/aromatic N) is 4. The number of ether oxygens (including phenoxy) is 1. The molecule has 1 unspecified atom stereocenters. The van der Waals surface area contributed by atoms with Gasteiger partial charge in [0.25, 0.3) is 0 Å². The van der Waals surface area contributed by atoms with Crippen LogP contribution < -0.4 is 5.32 Å². The molecule has 1 aliphatic rings. The van der Waals surface area contributed by atoms with Gasteiger partial charge in [-0.2, -0.15) is 0 Å². The quantitative estimate of drug-likeness (QED) is 0.751. The fraction of sp³-hybridized carbons (Fsp3) is 0.786. The van der Waals surface area contributed by atoms with Gasteiger partial charge >= 0.3 is 5.97 Å². The summed E-state index contributed by atoms with van der Waals surface area (Å²) in [5, 5.41) is 11.6. The van der Waals surface area contributed by atoms with E-state index in [0.717, 1.165) is 51.3 Å². The Bertz CT molecular complexity index is 464. The molecule has 0 spiro atoms. The number of methoxy groups -OCH3 is 1. The smallest absolute Gasteiger partial charge is 0.360 e. The topological polar surface area (TPSA) is 72.3 Å². The van der Waals surface area contributed by atoms with Gasteiger partial charge in [-0.15, -0.1) is 5.10 Å². The molecule has 0 bridgehead atoms. The molecule has 1 fully saturated rings. The molecule has 7 heteroatoms. The molecule has 2 rings (SSSR count). The first-order valence-electron chi connectivity index (χ1n) is 7.68. The first-order chi connectivity index (χ1) is 10.2. The Kier molecular flexibility index (Phi) is 5.69. The third kappa shape index (κ3) is 3.59. The zero-order valence-electron chi connectivity index (χ0n) is 13.1. The summed E-state index contributed by atoms with van der Waals surface area (Å²) in [4.78, 5) is 14.2. The maximum absolute atomic E-state index is 11.9. The molecule has 1 atom stereocenters. The van der Waals surface area contributed by atoms with Crippen molar-refractivity contribution in [2.45, 2.75) is 39.3 Å². The van der Waals surface area contributed by atoms with Crippen LogP contribution in [-0.4, -0.2) is 59.2 Å². The van der Waals surface area contributed by atoms with Gasteiger partial charge in [0.1, 0.15) is 0 Å². The normalized spacial score (nSPS) is 18.4. The maximum atomic E-state index is 11.9. The van der Waals surface area contributed by atoms with E-state index in [1.165, 1.54) is 7.11 Å². The summed E-state index contributed by atoms with van der Waals surface area (Å²) in [6, 6.07) is 0.144. The van der Waals surface area contributed by atoms with E-state index in [2.05, 4.69) is 34.4 Å². The first kappa shape index (κ1) is 15.9. The number of carbonyl (C=O) groups is 1. The van der Waals surface area contributed by atoms with Crippen molar-refractivity contribution in [1.29, 1.82) is 0 Å². The van der Waals surface area contributed by atoms with E-state index in [1.54, 1.807) is 0 Å². The molecule has 2 heterocycles. The number of likely N-dealkylation sites (N-methyl/N-ethyl adjacent to an activating group) is 1. The molecule has 21 heavy (non-hydrogen) atoms. The average Bonchev–Trinajstić information content (AvgIpc) is 3.16. The summed E-state index contributed by atoms with van der Waals surface area (Å²) >= 11 is 0. The van der Waals surface area contributed by atoms with Crippen LogP contribution in [0.2, 0.25) is 0 Å². The summed E-state index contributed by atoms with van der Waals surface area (Å²) in [6.07, 6.45) is 2.11. The molecule has 0 aliphatic carbocycles. The standard InChI is InChI=1S/C14H25N5O2/c1-4-18(5-2)9-10-19-13(11-7-6-8-15-11)12(16-17-19)14(20)21-3/h11,15H,4-10H2,1-3H3. The summed E-state index contributed by atoms with van der Waals surface area (Å²) in [7, 11) is 1.38. The minimum Gasteiger partial charge on any atom is -0.464 e. The summed E-state index contributed by atoms with van der Waals surface area (Å²) in [5.74, 6) is -0.409. The Morgan fingerprint density at radius 3 is 2.81 bits per heavy atom. The number of hydrogen-bond acceptors (Lipinski definition) is 6. The van der Waals surface area contributed by atoms with Gasteiger partial charge in [0, 0.05) is 6.54 Å². The van der Waals surface area contributed by atoms with E-state index in [9.17, 15) is 4.79 Å².